The van der Waals surface area contributed by atoms with Gasteiger partial charge in [0.05, 0.1) is 18.0 Å². The number of nitrogens with two attached hydrogens (primary N) is 1. The first kappa shape index (κ1) is 17.5. The summed E-state index contributed by atoms with van der Waals surface area (Å²) in [6.45, 7) is 0.632. The number of hydrogen-bond donors (Lipinski definition) is 2. The van der Waals surface area contributed by atoms with Gasteiger partial charge in [0.25, 0.3) is 0 Å². The molecule has 1 aliphatic carbocycles. The number of nitro groups is 1. The van der Waals surface area contributed by atoms with Crippen LogP contribution in [0, 0.1) is 16.0 Å². The van der Waals surface area contributed by atoms with Gasteiger partial charge in [0.2, 0.25) is 5.91 Å². The van der Waals surface area contributed by atoms with Crippen molar-refractivity contribution in [1.29, 1.82) is 0 Å². The first-order valence-electron chi connectivity index (χ1n) is 7.57. The zero-order valence-electron chi connectivity index (χ0n) is 12.7. The number of nitrogens with one attached hydrogen (secondary N) is 1. The third kappa shape index (κ3) is 4.80. The zero-order valence-corrected chi connectivity index (χ0v) is 13.4. The maximum Gasteiger partial charge on any atom is 0.312 e. The molecule has 2 atom stereocenters. The Balaban J connectivity index is 1.83. The fraction of sp³-hybridized carbons (Fsp3) is 0.533. The zero-order chi connectivity index (χ0) is 16.8. The van der Waals surface area contributed by atoms with Crippen LogP contribution >= 0.6 is 11.6 Å². The van der Waals surface area contributed by atoms with E-state index < -0.39 is 4.92 Å². The molecule has 2 unspecified atom stereocenters. The number of halogens is 1. The van der Waals surface area contributed by atoms with Crippen molar-refractivity contribution in [3.8, 4) is 5.75 Å². The third-order valence-electron chi connectivity index (χ3n) is 4.01. The predicted molar refractivity (Wildman–Crippen MR) is 86.5 cm³/mol. The van der Waals surface area contributed by atoms with E-state index in [-0.39, 0.29) is 41.4 Å². The van der Waals surface area contributed by atoms with Gasteiger partial charge < -0.3 is 15.8 Å². The second-order valence-electron chi connectivity index (χ2n) is 5.57. The Morgan fingerprint density at radius 2 is 2.26 bits per heavy atom. The van der Waals surface area contributed by atoms with E-state index in [1.807, 2.05) is 0 Å². The van der Waals surface area contributed by atoms with E-state index in [2.05, 4.69) is 5.32 Å². The second-order valence-corrected chi connectivity index (χ2v) is 6.00. The summed E-state index contributed by atoms with van der Waals surface area (Å²) in [7, 11) is 0. The Morgan fingerprint density at radius 3 is 2.96 bits per heavy atom. The predicted octanol–water partition coefficient (Wildman–Crippen LogP) is 2.26. The number of carbonyl (C=O) groups excluding carboxylic acids is 1. The fourth-order valence-corrected chi connectivity index (χ4v) is 2.96. The van der Waals surface area contributed by atoms with Gasteiger partial charge in [-0.1, -0.05) is 18.0 Å². The molecule has 1 aliphatic rings. The minimum Gasteiger partial charge on any atom is -0.486 e. The lowest BCUT2D eigenvalue weighted by molar-refractivity contribution is -0.385. The van der Waals surface area contributed by atoms with Gasteiger partial charge in [0.15, 0.2) is 5.75 Å². The minimum absolute atomic E-state index is 0.0638. The maximum atomic E-state index is 11.9. The third-order valence-corrected chi connectivity index (χ3v) is 4.25. The molecule has 0 heterocycles. The van der Waals surface area contributed by atoms with E-state index in [0.717, 1.165) is 19.3 Å². The van der Waals surface area contributed by atoms with Gasteiger partial charge in [0, 0.05) is 17.1 Å². The lowest BCUT2D eigenvalue weighted by atomic mass is 10.0. The smallest absolute Gasteiger partial charge is 0.312 e. The second kappa shape index (κ2) is 8.12. The van der Waals surface area contributed by atoms with Crippen molar-refractivity contribution in [2.45, 2.75) is 31.7 Å². The van der Waals surface area contributed by atoms with Crippen LogP contribution in [-0.2, 0) is 4.79 Å². The van der Waals surface area contributed by atoms with Crippen molar-refractivity contribution in [2.24, 2.45) is 11.7 Å². The Kier molecular flexibility index (Phi) is 6.18. The summed E-state index contributed by atoms with van der Waals surface area (Å²) in [6.07, 6.45) is 3.18. The number of hydrogen-bond acceptors (Lipinski definition) is 5. The summed E-state index contributed by atoms with van der Waals surface area (Å²) in [5, 5.41) is 14.2. The molecule has 3 N–H and O–H groups in total. The minimum atomic E-state index is -0.564. The standard InChI is InChI=1S/C15H20ClN3O4/c16-11-4-5-14(13(8-11)19(21)22)23-7-6-15(20)18-12-3-1-2-10(12)9-17/h4-5,8,10,12H,1-3,6-7,9,17H2,(H,18,20). The molecule has 7 nitrogen and oxygen atoms in total. The van der Waals surface area contributed by atoms with Crippen molar-refractivity contribution in [3.63, 3.8) is 0 Å². The molecule has 0 spiro atoms. The molecule has 1 aromatic carbocycles. The number of amides is 1. The van der Waals surface area contributed by atoms with E-state index >= 15 is 0 Å². The number of rotatable bonds is 7. The molecule has 126 valence electrons. The van der Waals surface area contributed by atoms with Crippen LogP contribution in [0.15, 0.2) is 18.2 Å². The van der Waals surface area contributed by atoms with Gasteiger partial charge in [-0.05, 0) is 37.4 Å². The van der Waals surface area contributed by atoms with Crippen molar-refractivity contribution in [2.75, 3.05) is 13.2 Å². The average molecular weight is 342 g/mol. The van der Waals surface area contributed by atoms with Gasteiger partial charge >= 0.3 is 5.69 Å². The van der Waals surface area contributed by atoms with Gasteiger partial charge in [-0.3, -0.25) is 14.9 Å². The monoisotopic (exact) mass is 341 g/mol. The molecule has 8 heteroatoms. The highest BCUT2D eigenvalue weighted by Crippen LogP contribution is 2.30. The summed E-state index contributed by atoms with van der Waals surface area (Å²) in [6, 6.07) is 4.28. The molecule has 1 saturated carbocycles. The van der Waals surface area contributed by atoms with E-state index in [1.54, 1.807) is 0 Å². The highest BCUT2D eigenvalue weighted by atomic mass is 35.5. The highest BCUT2D eigenvalue weighted by molar-refractivity contribution is 6.30. The van der Waals surface area contributed by atoms with Crippen molar-refractivity contribution in [1.82, 2.24) is 5.32 Å². The van der Waals surface area contributed by atoms with Crippen LogP contribution < -0.4 is 15.8 Å². The normalized spacial score (nSPS) is 20.3. The Morgan fingerprint density at radius 1 is 1.48 bits per heavy atom. The van der Waals surface area contributed by atoms with Crippen LogP contribution in [0.5, 0.6) is 5.75 Å². The lowest BCUT2D eigenvalue weighted by Gasteiger charge is -2.19. The van der Waals surface area contributed by atoms with Crippen LogP contribution in [0.2, 0.25) is 5.02 Å². The average Bonchev–Trinajstić information content (AvgIpc) is 2.95. The molecule has 0 aliphatic heterocycles. The molecule has 0 saturated heterocycles. The number of benzene rings is 1. The molecular formula is C15H20ClN3O4. The van der Waals surface area contributed by atoms with E-state index in [0.29, 0.717) is 12.5 Å². The van der Waals surface area contributed by atoms with Crippen molar-refractivity contribution >= 4 is 23.2 Å². The summed E-state index contributed by atoms with van der Waals surface area (Å²) in [5.41, 5.74) is 5.47. The lowest BCUT2D eigenvalue weighted by Crippen LogP contribution is -2.40. The molecule has 1 amide bonds. The summed E-state index contributed by atoms with van der Waals surface area (Å²) in [4.78, 5) is 22.3. The van der Waals surface area contributed by atoms with Gasteiger partial charge in [0.1, 0.15) is 0 Å². The molecule has 0 radical (unpaired) electrons. The highest BCUT2D eigenvalue weighted by Gasteiger charge is 2.27. The number of carbonyl (C=O) groups is 1. The molecule has 0 aromatic heterocycles. The van der Waals surface area contributed by atoms with Gasteiger partial charge in [-0.2, -0.15) is 0 Å². The van der Waals surface area contributed by atoms with E-state index in [9.17, 15) is 14.9 Å². The van der Waals surface area contributed by atoms with Crippen LogP contribution in [0.4, 0.5) is 5.69 Å². The van der Waals surface area contributed by atoms with Crippen LogP contribution in [0.1, 0.15) is 25.7 Å². The molecule has 23 heavy (non-hydrogen) atoms. The van der Waals surface area contributed by atoms with Crippen molar-refractivity contribution < 1.29 is 14.5 Å². The molecule has 1 aromatic rings. The van der Waals surface area contributed by atoms with Crippen LogP contribution in [0.25, 0.3) is 0 Å². The molecular weight excluding hydrogens is 322 g/mol. The largest absolute Gasteiger partial charge is 0.486 e. The number of nitro benzene ring substituents is 1. The number of ether oxygens (including phenoxy) is 1. The quantitative estimate of drug-likeness (QED) is 0.584. The first-order chi connectivity index (χ1) is 11.0. The van der Waals surface area contributed by atoms with E-state index in [4.69, 9.17) is 22.1 Å². The fourth-order valence-electron chi connectivity index (χ4n) is 2.80. The SMILES string of the molecule is NCC1CCCC1NC(=O)CCOc1ccc(Cl)cc1[N+](=O)[O-]. The molecule has 1 fully saturated rings. The van der Waals surface area contributed by atoms with Crippen molar-refractivity contribution in [3.05, 3.63) is 33.3 Å². The molecule has 2 rings (SSSR count). The summed E-state index contributed by atoms with van der Waals surface area (Å²) >= 11 is 5.73. The van der Waals surface area contributed by atoms with Crippen LogP contribution in [-0.4, -0.2) is 30.0 Å². The molecule has 0 bridgehead atoms. The number of nitrogens with zero attached hydrogens (tertiary/aromatic N) is 1. The Hall–Kier alpha value is -1.86. The Labute approximate surface area is 139 Å². The first-order valence-corrected chi connectivity index (χ1v) is 7.95. The summed E-state index contributed by atoms with van der Waals surface area (Å²) < 4.78 is 5.36. The van der Waals surface area contributed by atoms with E-state index in [1.165, 1.54) is 18.2 Å². The summed E-state index contributed by atoms with van der Waals surface area (Å²) in [5.74, 6) is 0.303. The topological polar surface area (TPSA) is 107 Å². The maximum absolute atomic E-state index is 11.9. The van der Waals surface area contributed by atoms with Gasteiger partial charge in [-0.15, -0.1) is 0 Å². The Bertz CT molecular complexity index is 582. The van der Waals surface area contributed by atoms with Gasteiger partial charge in [-0.25, -0.2) is 0 Å². The van der Waals surface area contributed by atoms with Crippen LogP contribution in [0.3, 0.4) is 0 Å².